The summed E-state index contributed by atoms with van der Waals surface area (Å²) >= 11 is 5.86. The van der Waals surface area contributed by atoms with Gasteiger partial charge in [-0.1, -0.05) is 11.6 Å². The van der Waals surface area contributed by atoms with Crippen LogP contribution in [0.1, 0.15) is 18.4 Å². The second-order valence-electron chi connectivity index (χ2n) is 7.66. The van der Waals surface area contributed by atoms with E-state index in [2.05, 4.69) is 20.9 Å². The third-order valence-corrected chi connectivity index (χ3v) is 5.22. The van der Waals surface area contributed by atoms with Gasteiger partial charge in [-0.2, -0.15) is 13.2 Å². The molecule has 3 N–H and O–H groups in total. The lowest BCUT2D eigenvalue weighted by Gasteiger charge is -2.13. The SMILES string of the molecule is O=C(Nc1ccc(Oc2ccnc(NC(=O)C3CC3)c2)c(F)c1)Nc1cc(C(F)(F)F)ccc1Cl. The zero-order valence-corrected chi connectivity index (χ0v) is 18.5. The molecule has 0 spiro atoms. The molecule has 7 nitrogen and oxygen atoms in total. The second-order valence-corrected chi connectivity index (χ2v) is 8.07. The number of nitrogens with zero attached hydrogens (tertiary/aromatic N) is 1. The highest BCUT2D eigenvalue weighted by Crippen LogP contribution is 2.34. The Morgan fingerprint density at radius 2 is 1.77 bits per heavy atom. The summed E-state index contributed by atoms with van der Waals surface area (Å²) in [6.45, 7) is 0. The third kappa shape index (κ3) is 6.38. The molecule has 1 aliphatic carbocycles. The Bertz CT molecular complexity index is 1280. The van der Waals surface area contributed by atoms with E-state index < -0.39 is 23.6 Å². The number of rotatable bonds is 6. The Balaban J connectivity index is 1.40. The summed E-state index contributed by atoms with van der Waals surface area (Å²) in [6.07, 6.45) is -1.55. The van der Waals surface area contributed by atoms with Gasteiger partial charge >= 0.3 is 12.2 Å². The number of pyridine rings is 1. The smallest absolute Gasteiger partial charge is 0.416 e. The molecule has 35 heavy (non-hydrogen) atoms. The van der Waals surface area contributed by atoms with Crippen molar-refractivity contribution in [1.82, 2.24) is 4.98 Å². The molecule has 0 atom stereocenters. The molecule has 0 bridgehead atoms. The van der Waals surface area contributed by atoms with Gasteiger partial charge < -0.3 is 20.7 Å². The normalized spacial score (nSPS) is 13.2. The fraction of sp³-hybridized carbons (Fsp3) is 0.174. The minimum absolute atomic E-state index is 0.0133. The number of nitrogens with one attached hydrogen (secondary N) is 3. The molecule has 12 heteroatoms. The van der Waals surface area contributed by atoms with E-state index in [9.17, 15) is 27.2 Å². The lowest BCUT2D eigenvalue weighted by Crippen LogP contribution is -2.20. The van der Waals surface area contributed by atoms with Crippen molar-refractivity contribution in [2.75, 3.05) is 16.0 Å². The summed E-state index contributed by atoms with van der Waals surface area (Å²) in [4.78, 5) is 28.1. The van der Waals surface area contributed by atoms with Crippen molar-refractivity contribution in [3.63, 3.8) is 0 Å². The number of benzene rings is 2. The van der Waals surface area contributed by atoms with Gasteiger partial charge in [-0.25, -0.2) is 14.2 Å². The van der Waals surface area contributed by atoms with Crippen LogP contribution in [0, 0.1) is 11.7 Å². The van der Waals surface area contributed by atoms with Gasteiger partial charge in [0.2, 0.25) is 5.91 Å². The fourth-order valence-electron chi connectivity index (χ4n) is 2.99. The first-order valence-corrected chi connectivity index (χ1v) is 10.7. The molecule has 1 fully saturated rings. The number of ether oxygens (including phenoxy) is 1. The highest BCUT2D eigenvalue weighted by Gasteiger charge is 2.31. The van der Waals surface area contributed by atoms with E-state index in [1.807, 2.05) is 0 Å². The van der Waals surface area contributed by atoms with Crippen LogP contribution < -0.4 is 20.7 Å². The Kier molecular flexibility index (Phi) is 6.79. The predicted molar refractivity (Wildman–Crippen MR) is 121 cm³/mol. The first-order valence-electron chi connectivity index (χ1n) is 10.3. The number of hydrogen-bond acceptors (Lipinski definition) is 4. The van der Waals surface area contributed by atoms with Crippen molar-refractivity contribution in [2.24, 2.45) is 5.92 Å². The van der Waals surface area contributed by atoms with Crippen molar-refractivity contribution >= 4 is 40.7 Å². The number of amides is 3. The van der Waals surface area contributed by atoms with Gasteiger partial charge in [0.1, 0.15) is 11.6 Å². The number of halogens is 5. The molecule has 3 aromatic rings. The van der Waals surface area contributed by atoms with E-state index in [-0.39, 0.29) is 45.5 Å². The topological polar surface area (TPSA) is 92.3 Å². The van der Waals surface area contributed by atoms with Crippen LogP contribution in [0.4, 0.5) is 39.5 Å². The van der Waals surface area contributed by atoms with Crippen LogP contribution in [-0.4, -0.2) is 16.9 Å². The van der Waals surface area contributed by atoms with E-state index in [0.717, 1.165) is 31.0 Å². The lowest BCUT2D eigenvalue weighted by atomic mass is 10.2. The van der Waals surface area contributed by atoms with Crippen LogP contribution in [0.2, 0.25) is 5.02 Å². The Morgan fingerprint density at radius 1 is 1.00 bits per heavy atom. The van der Waals surface area contributed by atoms with Gasteiger partial charge in [0.25, 0.3) is 0 Å². The monoisotopic (exact) mass is 508 g/mol. The molecule has 0 aliphatic heterocycles. The first-order chi connectivity index (χ1) is 16.6. The van der Waals surface area contributed by atoms with Gasteiger partial charge in [-0.15, -0.1) is 0 Å². The minimum atomic E-state index is -4.62. The maximum absolute atomic E-state index is 14.6. The number of alkyl halides is 3. The van der Waals surface area contributed by atoms with Crippen LogP contribution in [0.15, 0.2) is 54.7 Å². The summed E-state index contributed by atoms with van der Waals surface area (Å²) in [5.41, 5.74) is -1.24. The molecule has 1 saturated carbocycles. The maximum Gasteiger partial charge on any atom is 0.416 e. The summed E-state index contributed by atoms with van der Waals surface area (Å²) in [5, 5.41) is 7.07. The quantitative estimate of drug-likeness (QED) is 0.324. The Labute approximate surface area is 201 Å². The summed E-state index contributed by atoms with van der Waals surface area (Å²) < 4.78 is 58.7. The average Bonchev–Trinajstić information content (AvgIpc) is 3.62. The van der Waals surface area contributed by atoms with Crippen LogP contribution in [0.3, 0.4) is 0 Å². The van der Waals surface area contributed by atoms with E-state index >= 15 is 0 Å². The van der Waals surface area contributed by atoms with Crippen molar-refractivity contribution in [2.45, 2.75) is 19.0 Å². The van der Waals surface area contributed by atoms with Crippen LogP contribution in [0.25, 0.3) is 0 Å². The van der Waals surface area contributed by atoms with Crippen LogP contribution >= 0.6 is 11.6 Å². The highest BCUT2D eigenvalue weighted by molar-refractivity contribution is 6.33. The van der Waals surface area contributed by atoms with E-state index in [4.69, 9.17) is 16.3 Å². The molecule has 0 saturated heterocycles. The van der Waals surface area contributed by atoms with Crippen LogP contribution in [-0.2, 0) is 11.0 Å². The predicted octanol–water partition coefficient (Wildman–Crippen LogP) is 6.68. The van der Waals surface area contributed by atoms with E-state index in [1.165, 1.54) is 30.5 Å². The Morgan fingerprint density at radius 3 is 2.46 bits per heavy atom. The zero-order valence-electron chi connectivity index (χ0n) is 17.7. The van der Waals surface area contributed by atoms with E-state index in [0.29, 0.717) is 6.07 Å². The molecule has 2 aromatic carbocycles. The number of urea groups is 1. The molecule has 0 unspecified atom stereocenters. The summed E-state index contributed by atoms with van der Waals surface area (Å²) in [5.74, 6) is -0.643. The molecule has 1 heterocycles. The molecule has 3 amide bonds. The fourth-order valence-corrected chi connectivity index (χ4v) is 3.15. The molecule has 4 rings (SSSR count). The molecule has 182 valence electrons. The number of carbonyl (C=O) groups is 2. The molecule has 1 aromatic heterocycles. The average molecular weight is 509 g/mol. The maximum atomic E-state index is 14.6. The molecular weight excluding hydrogens is 492 g/mol. The van der Waals surface area contributed by atoms with Crippen molar-refractivity contribution in [3.8, 4) is 11.5 Å². The zero-order chi connectivity index (χ0) is 25.2. The van der Waals surface area contributed by atoms with Gasteiger partial charge in [0.05, 0.1) is 16.3 Å². The summed E-state index contributed by atoms with van der Waals surface area (Å²) in [7, 11) is 0. The van der Waals surface area contributed by atoms with Gasteiger partial charge in [0.15, 0.2) is 11.6 Å². The highest BCUT2D eigenvalue weighted by atomic mass is 35.5. The molecule has 0 radical (unpaired) electrons. The number of aromatic nitrogens is 1. The first kappa shape index (κ1) is 24.3. The third-order valence-electron chi connectivity index (χ3n) is 4.89. The van der Waals surface area contributed by atoms with Crippen LogP contribution in [0.5, 0.6) is 11.5 Å². The Hall–Kier alpha value is -3.86. The van der Waals surface area contributed by atoms with Gasteiger partial charge in [-0.05, 0) is 49.2 Å². The number of carbonyl (C=O) groups excluding carboxylic acids is 2. The standard InChI is InChI=1S/C23H17ClF4N4O3/c24-16-5-3-13(23(26,27)28)9-18(16)31-22(34)30-14-4-6-19(17(25)10-14)35-15-7-8-29-20(11-15)32-21(33)12-1-2-12/h3-12H,1-2H2,(H,29,32,33)(H2,30,31,34). The van der Waals surface area contributed by atoms with Crippen molar-refractivity contribution in [1.29, 1.82) is 0 Å². The van der Waals surface area contributed by atoms with Gasteiger partial charge in [0, 0.05) is 29.9 Å². The largest absolute Gasteiger partial charge is 0.454 e. The second kappa shape index (κ2) is 9.79. The number of hydrogen-bond donors (Lipinski definition) is 3. The molecular formula is C23H17ClF4N4O3. The van der Waals surface area contributed by atoms with Crippen molar-refractivity contribution < 1.29 is 31.9 Å². The summed E-state index contributed by atoms with van der Waals surface area (Å²) in [6, 6.07) is 8.04. The number of anilines is 3. The van der Waals surface area contributed by atoms with Crippen molar-refractivity contribution in [3.05, 3.63) is 71.1 Å². The molecule has 1 aliphatic rings. The minimum Gasteiger partial charge on any atom is -0.454 e. The lowest BCUT2D eigenvalue weighted by molar-refractivity contribution is -0.137. The van der Waals surface area contributed by atoms with Gasteiger partial charge in [-0.3, -0.25) is 4.79 Å². The van der Waals surface area contributed by atoms with E-state index in [1.54, 1.807) is 0 Å².